The van der Waals surface area contributed by atoms with Crippen molar-refractivity contribution >= 4 is 11.6 Å². The van der Waals surface area contributed by atoms with Crippen LogP contribution in [0.5, 0.6) is 0 Å². The molecule has 0 saturated heterocycles. The molecule has 0 aliphatic carbocycles. The van der Waals surface area contributed by atoms with Crippen LogP contribution >= 0.6 is 11.6 Å². The summed E-state index contributed by atoms with van der Waals surface area (Å²) < 4.78 is 10.6. The van der Waals surface area contributed by atoms with Gasteiger partial charge in [-0.1, -0.05) is 64.1 Å². The summed E-state index contributed by atoms with van der Waals surface area (Å²) in [6.45, 7) is 4.10. The molecular formula is C36H29ClN6O2. The van der Waals surface area contributed by atoms with Gasteiger partial charge in [0.05, 0.1) is 0 Å². The van der Waals surface area contributed by atoms with E-state index in [0.717, 1.165) is 33.6 Å². The van der Waals surface area contributed by atoms with Crippen LogP contribution in [0.1, 0.15) is 47.1 Å². The van der Waals surface area contributed by atoms with Gasteiger partial charge in [-0.15, -0.1) is 0 Å². The highest BCUT2D eigenvalue weighted by Crippen LogP contribution is 2.24. The molecule has 0 spiro atoms. The fourth-order valence-corrected chi connectivity index (χ4v) is 4.34. The van der Waals surface area contributed by atoms with E-state index in [0.29, 0.717) is 54.1 Å². The van der Waals surface area contributed by atoms with Crippen LogP contribution in [0.4, 0.5) is 0 Å². The number of rotatable bonds is 6. The van der Waals surface area contributed by atoms with E-state index in [1.54, 1.807) is 24.5 Å². The second-order valence-corrected chi connectivity index (χ2v) is 10.3. The zero-order valence-electron chi connectivity index (χ0n) is 24.9. The maximum absolute atomic E-state index is 5.85. The van der Waals surface area contributed by atoms with Gasteiger partial charge in [0, 0.05) is 54.2 Å². The third-order valence-corrected chi connectivity index (χ3v) is 6.69. The molecule has 9 heteroatoms. The monoisotopic (exact) mass is 612 g/mol. The topological polar surface area (TPSA) is 104 Å². The van der Waals surface area contributed by atoms with E-state index in [4.69, 9.17) is 20.6 Å². The second kappa shape index (κ2) is 15.8. The normalized spacial score (nSPS) is 10.1. The molecule has 0 saturated carbocycles. The molecule has 0 N–H and O–H groups in total. The Hall–Kier alpha value is -5.57. The maximum atomic E-state index is 5.85. The Labute approximate surface area is 266 Å². The Morgan fingerprint density at radius 2 is 1.16 bits per heavy atom. The van der Waals surface area contributed by atoms with Crippen molar-refractivity contribution in [2.45, 2.75) is 39.5 Å². The van der Waals surface area contributed by atoms with Crippen LogP contribution in [0, 0.1) is 37.5 Å². The highest BCUT2D eigenvalue weighted by molar-refractivity contribution is 6.30. The summed E-state index contributed by atoms with van der Waals surface area (Å²) >= 11 is 5.85. The first-order valence-corrected chi connectivity index (χ1v) is 14.7. The van der Waals surface area contributed by atoms with Crippen molar-refractivity contribution in [1.29, 1.82) is 0 Å². The van der Waals surface area contributed by atoms with Crippen molar-refractivity contribution < 1.29 is 9.05 Å². The Kier molecular flexibility index (Phi) is 10.8. The van der Waals surface area contributed by atoms with Crippen LogP contribution in [0.25, 0.3) is 22.8 Å². The van der Waals surface area contributed by atoms with Gasteiger partial charge in [0.15, 0.2) is 0 Å². The third kappa shape index (κ3) is 9.21. The minimum Gasteiger partial charge on any atom is -0.339 e. The first-order valence-electron chi connectivity index (χ1n) is 14.3. The largest absolute Gasteiger partial charge is 0.339 e. The lowest BCUT2D eigenvalue weighted by atomic mass is 10.0. The van der Waals surface area contributed by atoms with E-state index in [2.05, 4.69) is 79.9 Å². The molecule has 45 heavy (non-hydrogen) atoms. The predicted octanol–water partition coefficient (Wildman–Crippen LogP) is 7.50. The standard InChI is InChI=1S/C19H17N3O.C17H12ClN3O/c1-14-8-7-9-15(2)18(14)19-21-17(23-22-19)12-4-3-10-16-11-5-6-13-20-16;18-14-10-8-13(9-11-14)17-20-16(22-21-17)7-2-1-5-15-6-3-4-12-19-15/h5-9,11,13H,4,12H2,1-2H3;3-4,6,8-12H,2,7H2. The highest BCUT2D eigenvalue weighted by Gasteiger charge is 2.12. The molecule has 0 aliphatic rings. The van der Waals surface area contributed by atoms with Crippen LogP contribution in [0.2, 0.25) is 5.02 Å². The van der Waals surface area contributed by atoms with Gasteiger partial charge in [0.1, 0.15) is 11.4 Å². The van der Waals surface area contributed by atoms with E-state index in [1.165, 1.54) is 0 Å². The minimum absolute atomic E-state index is 0.560. The summed E-state index contributed by atoms with van der Waals surface area (Å²) in [5.41, 5.74) is 5.74. The zero-order chi connectivity index (χ0) is 31.3. The van der Waals surface area contributed by atoms with Gasteiger partial charge in [-0.3, -0.25) is 0 Å². The van der Waals surface area contributed by atoms with Gasteiger partial charge in [0.2, 0.25) is 23.4 Å². The molecule has 0 amide bonds. The molecule has 0 unspecified atom stereocenters. The number of hydrogen-bond donors (Lipinski definition) is 0. The van der Waals surface area contributed by atoms with Crippen molar-refractivity contribution in [3.63, 3.8) is 0 Å². The van der Waals surface area contributed by atoms with Crippen molar-refractivity contribution in [3.8, 4) is 46.5 Å². The van der Waals surface area contributed by atoms with Gasteiger partial charge in [-0.05, 0) is 85.3 Å². The van der Waals surface area contributed by atoms with Gasteiger partial charge < -0.3 is 9.05 Å². The van der Waals surface area contributed by atoms with Crippen molar-refractivity contribution in [2.75, 3.05) is 0 Å². The molecular weight excluding hydrogens is 584 g/mol. The molecule has 8 nitrogen and oxygen atoms in total. The van der Waals surface area contributed by atoms with Gasteiger partial charge in [0.25, 0.3) is 0 Å². The predicted molar refractivity (Wildman–Crippen MR) is 173 cm³/mol. The van der Waals surface area contributed by atoms with Crippen LogP contribution in [-0.2, 0) is 12.8 Å². The Bertz CT molecular complexity index is 1930. The zero-order valence-corrected chi connectivity index (χ0v) is 25.6. The molecule has 2 aromatic carbocycles. The number of aromatic nitrogens is 6. The van der Waals surface area contributed by atoms with Crippen molar-refractivity contribution in [2.24, 2.45) is 0 Å². The van der Waals surface area contributed by atoms with E-state index in [9.17, 15) is 0 Å². The van der Waals surface area contributed by atoms with Crippen molar-refractivity contribution in [1.82, 2.24) is 30.2 Å². The average Bonchev–Trinajstić information content (AvgIpc) is 3.73. The number of halogens is 1. The molecule has 222 valence electrons. The molecule has 4 heterocycles. The number of nitrogens with zero attached hydrogens (tertiary/aromatic N) is 6. The Balaban J connectivity index is 0.000000178. The van der Waals surface area contributed by atoms with Crippen LogP contribution in [-0.4, -0.2) is 30.2 Å². The Morgan fingerprint density at radius 1 is 0.622 bits per heavy atom. The van der Waals surface area contributed by atoms with E-state index >= 15 is 0 Å². The SMILES string of the molecule is Cc1cccc(C)c1-c1noc(CCC#Cc2ccccn2)n1.Clc1ccc(-c2noc(CCC#Cc3ccccn3)n2)cc1. The lowest BCUT2D eigenvalue weighted by Gasteiger charge is -2.03. The molecule has 0 atom stereocenters. The fourth-order valence-electron chi connectivity index (χ4n) is 4.22. The first-order chi connectivity index (χ1) is 22.0. The average molecular weight is 613 g/mol. The summed E-state index contributed by atoms with van der Waals surface area (Å²) in [5.74, 6) is 14.5. The minimum atomic E-state index is 0.560. The molecule has 0 aliphatic heterocycles. The molecule has 0 fully saturated rings. The second-order valence-electron chi connectivity index (χ2n) is 9.83. The summed E-state index contributed by atoms with van der Waals surface area (Å²) in [4.78, 5) is 17.1. The fraction of sp³-hybridized carbons (Fsp3) is 0.167. The first kappa shape index (κ1) is 30.9. The quantitative estimate of drug-likeness (QED) is 0.178. The number of benzene rings is 2. The number of pyridine rings is 2. The highest BCUT2D eigenvalue weighted by atomic mass is 35.5. The Morgan fingerprint density at radius 3 is 1.69 bits per heavy atom. The summed E-state index contributed by atoms with van der Waals surface area (Å²) in [5, 5.41) is 8.74. The molecule has 0 bridgehead atoms. The summed E-state index contributed by atoms with van der Waals surface area (Å²) in [6.07, 6.45) is 6.00. The van der Waals surface area contributed by atoms with E-state index < -0.39 is 0 Å². The smallest absolute Gasteiger partial charge is 0.227 e. The molecule has 6 aromatic rings. The summed E-state index contributed by atoms with van der Waals surface area (Å²) in [7, 11) is 0. The third-order valence-electron chi connectivity index (χ3n) is 6.43. The van der Waals surface area contributed by atoms with E-state index in [-0.39, 0.29) is 0 Å². The molecule has 4 aromatic heterocycles. The van der Waals surface area contributed by atoms with Crippen LogP contribution < -0.4 is 0 Å². The van der Waals surface area contributed by atoms with Gasteiger partial charge in [-0.25, -0.2) is 9.97 Å². The number of hydrogen-bond acceptors (Lipinski definition) is 8. The van der Waals surface area contributed by atoms with Crippen molar-refractivity contribution in [3.05, 3.63) is 131 Å². The molecule has 6 rings (SSSR count). The summed E-state index contributed by atoms with van der Waals surface area (Å²) in [6, 6.07) is 24.8. The van der Waals surface area contributed by atoms with Crippen LogP contribution in [0.3, 0.4) is 0 Å². The number of aryl methyl sites for hydroxylation is 4. The van der Waals surface area contributed by atoms with Crippen LogP contribution in [0.15, 0.2) is 100 Å². The maximum Gasteiger partial charge on any atom is 0.227 e. The lowest BCUT2D eigenvalue weighted by Crippen LogP contribution is -1.90. The molecule has 0 radical (unpaired) electrons. The van der Waals surface area contributed by atoms with Gasteiger partial charge in [-0.2, -0.15) is 9.97 Å². The lowest BCUT2D eigenvalue weighted by molar-refractivity contribution is 0.380. The van der Waals surface area contributed by atoms with E-state index in [1.807, 2.05) is 54.6 Å². The van der Waals surface area contributed by atoms with Gasteiger partial charge >= 0.3 is 0 Å².